The first-order valence-electron chi connectivity index (χ1n) is 13.7. The summed E-state index contributed by atoms with van der Waals surface area (Å²) in [4.78, 5) is 0. The van der Waals surface area contributed by atoms with Crippen LogP contribution in [0, 0.1) is 6.92 Å². The summed E-state index contributed by atoms with van der Waals surface area (Å²) in [6.07, 6.45) is 0. The molecular formula is C38H38Cl2Zr. The fourth-order valence-electron chi connectivity index (χ4n) is 5.25. The van der Waals surface area contributed by atoms with Crippen molar-refractivity contribution < 1.29 is 51.0 Å². The SMILES string of the molecule is CC(C)c1cc2c(-c3ccc(C(C)(C)C)cc3)cccc2[cH-]1.Cc1cc2c(-c3ccccc3)cccc2[cH-]1.[Cl-].[Cl-].[Zr+4]. The molecule has 0 saturated carbocycles. The second kappa shape index (κ2) is 14.6. The van der Waals surface area contributed by atoms with Crippen LogP contribution in [-0.4, -0.2) is 0 Å². The topological polar surface area (TPSA) is 0 Å². The van der Waals surface area contributed by atoms with Crippen molar-refractivity contribution in [3.63, 3.8) is 0 Å². The zero-order valence-corrected chi connectivity index (χ0v) is 28.8. The molecular weight excluding hydrogens is 619 g/mol. The van der Waals surface area contributed by atoms with Crippen LogP contribution in [0.25, 0.3) is 43.8 Å². The molecule has 208 valence electrons. The number of hydrogen-bond donors (Lipinski definition) is 0. The van der Waals surface area contributed by atoms with Gasteiger partial charge < -0.3 is 24.8 Å². The maximum absolute atomic E-state index is 2.35. The van der Waals surface area contributed by atoms with Gasteiger partial charge in [-0.25, -0.2) is 0 Å². The minimum atomic E-state index is 0. The summed E-state index contributed by atoms with van der Waals surface area (Å²) < 4.78 is 0. The summed E-state index contributed by atoms with van der Waals surface area (Å²) in [7, 11) is 0. The minimum absolute atomic E-state index is 0. The van der Waals surface area contributed by atoms with E-state index in [9.17, 15) is 0 Å². The van der Waals surface area contributed by atoms with E-state index in [0.29, 0.717) is 5.92 Å². The standard InChI is InChI=1S/C22H25.C16H13.2ClH.Zr/c1-15(2)18-13-17-7-6-8-20(21(17)14-18)16-9-11-19(12-10-16)22(3,4)5;1-12-10-14-8-5-9-15(16(14)11-12)13-6-3-2-4-7-13;;;/h6-15H,1-5H3;2-11H,1H3;2*1H;/q2*-1;;;+4/p-2. The largest absolute Gasteiger partial charge is 4.00 e. The Hall–Kier alpha value is -2.44. The Kier molecular flexibility index (Phi) is 12.4. The van der Waals surface area contributed by atoms with Crippen molar-refractivity contribution in [1.82, 2.24) is 0 Å². The monoisotopic (exact) mass is 654 g/mol. The third kappa shape index (κ3) is 7.90. The number of rotatable bonds is 3. The molecule has 0 aliphatic carbocycles. The van der Waals surface area contributed by atoms with Crippen molar-refractivity contribution in [3.8, 4) is 22.3 Å². The van der Waals surface area contributed by atoms with Gasteiger partial charge in [0.2, 0.25) is 0 Å². The van der Waals surface area contributed by atoms with E-state index in [2.05, 4.69) is 157 Å². The molecule has 0 bridgehead atoms. The maximum atomic E-state index is 2.35. The summed E-state index contributed by atoms with van der Waals surface area (Å²) in [5.74, 6) is 0.573. The average molecular weight is 657 g/mol. The first-order valence-corrected chi connectivity index (χ1v) is 13.7. The van der Waals surface area contributed by atoms with Crippen molar-refractivity contribution in [2.45, 2.75) is 52.9 Å². The number of fused-ring (bicyclic) bond motifs is 2. The van der Waals surface area contributed by atoms with Gasteiger partial charge in [-0.2, -0.15) is 12.1 Å². The number of aryl methyl sites for hydroxylation is 1. The van der Waals surface area contributed by atoms with E-state index in [1.54, 1.807) is 0 Å². The quantitative estimate of drug-likeness (QED) is 0.230. The molecule has 6 aromatic rings. The summed E-state index contributed by atoms with van der Waals surface area (Å²) >= 11 is 0. The van der Waals surface area contributed by atoms with Gasteiger partial charge in [0.1, 0.15) is 0 Å². The number of hydrogen-bond acceptors (Lipinski definition) is 0. The van der Waals surface area contributed by atoms with Crippen molar-refractivity contribution >= 4 is 21.5 Å². The molecule has 41 heavy (non-hydrogen) atoms. The van der Waals surface area contributed by atoms with Crippen LogP contribution in [0.5, 0.6) is 0 Å². The van der Waals surface area contributed by atoms with E-state index in [1.165, 1.54) is 60.5 Å². The van der Waals surface area contributed by atoms with Gasteiger partial charge in [0.05, 0.1) is 0 Å². The summed E-state index contributed by atoms with van der Waals surface area (Å²) in [6.45, 7) is 13.4. The van der Waals surface area contributed by atoms with Crippen LogP contribution in [0.15, 0.2) is 115 Å². The molecule has 0 heterocycles. The molecule has 3 heteroatoms. The molecule has 0 nitrogen and oxygen atoms in total. The van der Waals surface area contributed by atoms with Crippen LogP contribution in [0.1, 0.15) is 57.2 Å². The number of benzene rings is 4. The van der Waals surface area contributed by atoms with E-state index in [1.807, 2.05) is 0 Å². The molecule has 6 rings (SSSR count). The molecule has 0 amide bonds. The summed E-state index contributed by atoms with van der Waals surface area (Å²) in [6, 6.07) is 41.9. The van der Waals surface area contributed by atoms with Gasteiger partial charge in [-0.15, -0.1) is 69.1 Å². The van der Waals surface area contributed by atoms with E-state index in [4.69, 9.17) is 0 Å². The first-order chi connectivity index (χ1) is 18.2. The Balaban J connectivity index is 0.000000278. The zero-order valence-electron chi connectivity index (χ0n) is 24.8. The fraction of sp³-hybridized carbons (Fsp3) is 0.211. The van der Waals surface area contributed by atoms with Crippen LogP contribution in [0.4, 0.5) is 0 Å². The predicted octanol–water partition coefficient (Wildman–Crippen LogP) is 5.19. The molecule has 0 radical (unpaired) electrons. The van der Waals surface area contributed by atoms with E-state index >= 15 is 0 Å². The molecule has 0 aliphatic rings. The average Bonchev–Trinajstić information content (AvgIpc) is 3.52. The second-order valence-electron chi connectivity index (χ2n) is 11.8. The van der Waals surface area contributed by atoms with Gasteiger partial charge in [-0.05, 0) is 28.0 Å². The Morgan fingerprint density at radius 3 is 1.63 bits per heavy atom. The molecule has 0 unspecified atom stereocenters. The fourth-order valence-corrected chi connectivity index (χ4v) is 5.25. The van der Waals surface area contributed by atoms with E-state index in [-0.39, 0.29) is 56.4 Å². The Morgan fingerprint density at radius 2 is 1.10 bits per heavy atom. The van der Waals surface area contributed by atoms with Crippen molar-refractivity contribution in [2.75, 3.05) is 0 Å². The van der Waals surface area contributed by atoms with Gasteiger partial charge in [-0.3, -0.25) is 0 Å². The molecule has 0 aliphatic heterocycles. The molecule has 0 atom stereocenters. The first kappa shape index (κ1) is 34.8. The maximum Gasteiger partial charge on any atom is 4.00 e. The van der Waals surface area contributed by atoms with Gasteiger partial charge in [-0.1, -0.05) is 119 Å². The third-order valence-electron chi connectivity index (χ3n) is 7.48. The van der Waals surface area contributed by atoms with Crippen LogP contribution in [0.2, 0.25) is 0 Å². The molecule has 0 N–H and O–H groups in total. The molecule has 0 spiro atoms. The summed E-state index contributed by atoms with van der Waals surface area (Å²) in [5.41, 5.74) is 9.60. The van der Waals surface area contributed by atoms with Crippen LogP contribution < -0.4 is 24.8 Å². The third-order valence-corrected chi connectivity index (χ3v) is 7.48. The predicted molar refractivity (Wildman–Crippen MR) is 167 cm³/mol. The van der Waals surface area contributed by atoms with Gasteiger partial charge in [0.15, 0.2) is 0 Å². The smallest absolute Gasteiger partial charge is 1.00 e. The van der Waals surface area contributed by atoms with Crippen molar-refractivity contribution in [3.05, 3.63) is 132 Å². The molecule has 0 saturated heterocycles. The van der Waals surface area contributed by atoms with Crippen LogP contribution in [0.3, 0.4) is 0 Å². The second-order valence-corrected chi connectivity index (χ2v) is 11.8. The van der Waals surface area contributed by atoms with E-state index < -0.39 is 0 Å². The van der Waals surface area contributed by atoms with Crippen LogP contribution in [-0.2, 0) is 31.6 Å². The normalized spacial score (nSPS) is 10.8. The molecule has 6 aromatic carbocycles. The van der Waals surface area contributed by atoms with Gasteiger partial charge in [0.25, 0.3) is 0 Å². The Labute approximate surface area is 277 Å². The van der Waals surface area contributed by atoms with Crippen molar-refractivity contribution in [1.29, 1.82) is 0 Å². The van der Waals surface area contributed by atoms with Crippen molar-refractivity contribution in [2.24, 2.45) is 0 Å². The summed E-state index contributed by atoms with van der Waals surface area (Å²) in [5, 5.41) is 5.40. The minimum Gasteiger partial charge on any atom is -1.00 e. The van der Waals surface area contributed by atoms with Gasteiger partial charge >= 0.3 is 26.2 Å². The Morgan fingerprint density at radius 1 is 0.585 bits per heavy atom. The van der Waals surface area contributed by atoms with E-state index in [0.717, 1.165) is 0 Å². The van der Waals surface area contributed by atoms with Crippen LogP contribution >= 0.6 is 0 Å². The van der Waals surface area contributed by atoms with Gasteiger partial charge in [0, 0.05) is 0 Å². The zero-order chi connectivity index (χ0) is 26.9. The number of halogens is 2. The molecule has 0 fully saturated rings. The molecule has 0 aromatic heterocycles. The Bertz CT molecular complexity index is 1660.